The van der Waals surface area contributed by atoms with Crippen LogP contribution in [0.4, 0.5) is 13.2 Å². The van der Waals surface area contributed by atoms with E-state index in [-0.39, 0.29) is 5.57 Å². The lowest BCUT2D eigenvalue weighted by Gasteiger charge is -2.21. The molecule has 21 heavy (non-hydrogen) atoms. The molecule has 0 aromatic rings. The van der Waals surface area contributed by atoms with E-state index in [4.69, 9.17) is 0 Å². The van der Waals surface area contributed by atoms with Gasteiger partial charge in [-0.3, -0.25) is 0 Å². The normalized spacial score (nSPS) is 16.1. The zero-order valence-electron chi connectivity index (χ0n) is 11.5. The van der Waals surface area contributed by atoms with Gasteiger partial charge in [-0.2, -0.15) is 13.2 Å². The highest BCUT2D eigenvalue weighted by Crippen LogP contribution is 2.32. The number of sulfone groups is 2. The van der Waals surface area contributed by atoms with Crippen molar-refractivity contribution in [2.24, 2.45) is 0 Å². The molecule has 0 aliphatic carbocycles. The van der Waals surface area contributed by atoms with Crippen LogP contribution in [0.25, 0.3) is 0 Å². The molecule has 0 radical (unpaired) electrons. The Hall–Kier alpha value is -1.10. The predicted octanol–water partition coefficient (Wildman–Crippen LogP) is 1.19. The van der Waals surface area contributed by atoms with Gasteiger partial charge < -0.3 is 4.74 Å². The van der Waals surface area contributed by atoms with E-state index in [1.165, 1.54) is 6.92 Å². The summed E-state index contributed by atoms with van der Waals surface area (Å²) in [6, 6.07) is 0. The molecule has 124 valence electrons. The van der Waals surface area contributed by atoms with Crippen molar-refractivity contribution in [1.29, 1.82) is 0 Å². The van der Waals surface area contributed by atoms with Gasteiger partial charge in [0.2, 0.25) is 0 Å². The lowest BCUT2D eigenvalue weighted by atomic mass is 10.3. The lowest BCUT2D eigenvalue weighted by Crippen LogP contribution is -2.41. The third-order valence-electron chi connectivity index (χ3n) is 2.33. The number of halogens is 3. The fourth-order valence-corrected chi connectivity index (χ4v) is 4.89. The molecular formula is C10H15F3O6S2. The van der Waals surface area contributed by atoms with Crippen molar-refractivity contribution in [1.82, 2.24) is 0 Å². The standard InChI is InChI=1S/C10H15F3O6S2/c1-6(2)9(14)19-7(3)5-8(20(4,15)16)21(17,18)10(11,12)13/h7-8H,1,5H2,2-4H3. The molecule has 0 amide bonds. The molecule has 0 bridgehead atoms. The van der Waals surface area contributed by atoms with E-state index in [0.717, 1.165) is 6.92 Å². The molecule has 11 heteroatoms. The summed E-state index contributed by atoms with van der Waals surface area (Å²) in [5, 5.41) is 0. The van der Waals surface area contributed by atoms with Crippen LogP contribution in [0, 0.1) is 0 Å². The summed E-state index contributed by atoms with van der Waals surface area (Å²) < 4.78 is 84.6. The van der Waals surface area contributed by atoms with E-state index < -0.39 is 48.3 Å². The van der Waals surface area contributed by atoms with Gasteiger partial charge in [-0.1, -0.05) is 6.58 Å². The molecule has 0 heterocycles. The van der Waals surface area contributed by atoms with E-state index in [1.54, 1.807) is 0 Å². The first-order chi connectivity index (χ1) is 9.10. The summed E-state index contributed by atoms with van der Waals surface area (Å²) in [6.07, 6.45) is -2.01. The Balaban J connectivity index is 5.44. The fourth-order valence-electron chi connectivity index (χ4n) is 1.28. The number of hydrogen-bond acceptors (Lipinski definition) is 6. The smallest absolute Gasteiger partial charge is 0.459 e. The number of esters is 1. The average Bonchev–Trinajstić information content (AvgIpc) is 2.22. The number of carbonyl (C=O) groups is 1. The molecule has 0 spiro atoms. The Morgan fingerprint density at radius 2 is 1.67 bits per heavy atom. The van der Waals surface area contributed by atoms with Gasteiger partial charge in [0.15, 0.2) is 14.4 Å². The molecule has 0 aliphatic rings. The molecule has 0 aliphatic heterocycles. The van der Waals surface area contributed by atoms with Crippen LogP contribution in [0.3, 0.4) is 0 Å². The molecule has 2 atom stereocenters. The van der Waals surface area contributed by atoms with Crippen LogP contribution in [0.2, 0.25) is 0 Å². The topological polar surface area (TPSA) is 94.6 Å². The van der Waals surface area contributed by atoms with Crippen LogP contribution in [0.5, 0.6) is 0 Å². The first-order valence-corrected chi connectivity index (χ1v) is 8.96. The predicted molar refractivity (Wildman–Crippen MR) is 68.6 cm³/mol. The van der Waals surface area contributed by atoms with E-state index in [1.807, 2.05) is 0 Å². The van der Waals surface area contributed by atoms with Crippen LogP contribution in [-0.4, -0.2) is 45.3 Å². The summed E-state index contributed by atoms with van der Waals surface area (Å²) in [5.41, 5.74) is -5.78. The third-order valence-corrected chi connectivity index (χ3v) is 6.81. The Morgan fingerprint density at radius 1 is 1.24 bits per heavy atom. The van der Waals surface area contributed by atoms with E-state index in [9.17, 15) is 34.8 Å². The van der Waals surface area contributed by atoms with Crippen molar-refractivity contribution in [3.63, 3.8) is 0 Å². The lowest BCUT2D eigenvalue weighted by molar-refractivity contribution is -0.143. The largest absolute Gasteiger partial charge is 0.498 e. The highest BCUT2D eigenvalue weighted by molar-refractivity contribution is 8.09. The SMILES string of the molecule is C=C(C)C(=O)OC(C)CC(S(C)(=O)=O)S(=O)(=O)C(F)(F)F. The number of ether oxygens (including phenoxy) is 1. The highest BCUT2D eigenvalue weighted by Gasteiger charge is 2.54. The second kappa shape index (κ2) is 6.34. The molecule has 0 rings (SSSR count). The van der Waals surface area contributed by atoms with Gasteiger partial charge in [0.1, 0.15) is 6.10 Å². The van der Waals surface area contributed by atoms with Crippen molar-refractivity contribution in [2.45, 2.75) is 36.5 Å². The van der Waals surface area contributed by atoms with Gasteiger partial charge in [0.25, 0.3) is 9.84 Å². The second-order valence-corrected chi connectivity index (χ2v) is 9.13. The number of alkyl halides is 3. The molecular weight excluding hydrogens is 337 g/mol. The monoisotopic (exact) mass is 352 g/mol. The number of carbonyl (C=O) groups excluding carboxylic acids is 1. The van der Waals surface area contributed by atoms with Crippen molar-refractivity contribution in [3.8, 4) is 0 Å². The molecule has 0 fully saturated rings. The van der Waals surface area contributed by atoms with Crippen molar-refractivity contribution in [2.75, 3.05) is 6.26 Å². The van der Waals surface area contributed by atoms with Gasteiger partial charge in [-0.25, -0.2) is 21.6 Å². The van der Waals surface area contributed by atoms with Crippen molar-refractivity contribution >= 4 is 25.6 Å². The van der Waals surface area contributed by atoms with Gasteiger partial charge >= 0.3 is 11.5 Å². The Kier molecular flexibility index (Phi) is 6.01. The molecule has 0 aromatic carbocycles. The van der Waals surface area contributed by atoms with Gasteiger partial charge in [0.05, 0.1) is 0 Å². The molecule has 0 saturated heterocycles. The minimum Gasteiger partial charge on any atom is -0.459 e. The van der Waals surface area contributed by atoms with Gasteiger partial charge in [0, 0.05) is 18.2 Å². The second-order valence-electron chi connectivity index (χ2n) is 4.48. The first kappa shape index (κ1) is 19.9. The maximum atomic E-state index is 12.5. The van der Waals surface area contributed by atoms with Crippen LogP contribution in [0.15, 0.2) is 12.2 Å². The van der Waals surface area contributed by atoms with Crippen molar-refractivity contribution in [3.05, 3.63) is 12.2 Å². The van der Waals surface area contributed by atoms with Crippen molar-refractivity contribution < 1.29 is 39.5 Å². The molecule has 0 aromatic heterocycles. The van der Waals surface area contributed by atoms with Crippen LogP contribution >= 0.6 is 0 Å². The minimum absolute atomic E-state index is 0.0589. The summed E-state index contributed by atoms with van der Waals surface area (Å²) in [4.78, 5) is 11.2. The van der Waals surface area contributed by atoms with E-state index in [2.05, 4.69) is 11.3 Å². The first-order valence-electron chi connectivity index (χ1n) is 5.46. The zero-order chi connectivity index (χ0) is 17.2. The van der Waals surface area contributed by atoms with E-state index in [0.29, 0.717) is 6.26 Å². The third kappa shape index (κ3) is 5.30. The maximum absolute atomic E-state index is 12.5. The summed E-state index contributed by atoms with van der Waals surface area (Å²) in [5.74, 6) is -0.959. The fraction of sp³-hybridized carbons (Fsp3) is 0.700. The van der Waals surface area contributed by atoms with Crippen LogP contribution in [0.1, 0.15) is 20.3 Å². The molecule has 0 N–H and O–H groups in total. The van der Waals surface area contributed by atoms with Gasteiger partial charge in [-0.15, -0.1) is 0 Å². The number of rotatable bonds is 6. The minimum atomic E-state index is -5.95. The summed E-state index contributed by atoms with van der Waals surface area (Å²) >= 11 is 0. The molecule has 0 saturated carbocycles. The van der Waals surface area contributed by atoms with Gasteiger partial charge in [-0.05, 0) is 13.8 Å². The highest BCUT2D eigenvalue weighted by atomic mass is 32.3. The average molecular weight is 352 g/mol. The maximum Gasteiger partial charge on any atom is 0.498 e. The summed E-state index contributed by atoms with van der Waals surface area (Å²) in [6.45, 7) is 5.59. The molecule has 6 nitrogen and oxygen atoms in total. The quantitative estimate of drug-likeness (QED) is 0.526. The van der Waals surface area contributed by atoms with Crippen LogP contribution < -0.4 is 0 Å². The Bertz CT molecular complexity index is 618. The molecule has 2 unspecified atom stereocenters. The zero-order valence-corrected chi connectivity index (χ0v) is 13.1. The van der Waals surface area contributed by atoms with Crippen LogP contribution in [-0.2, 0) is 29.2 Å². The Labute approximate surface area is 120 Å². The summed E-state index contributed by atoms with van der Waals surface area (Å²) in [7, 11) is -10.5. The Morgan fingerprint density at radius 3 is 1.95 bits per heavy atom. The van der Waals surface area contributed by atoms with E-state index >= 15 is 0 Å². The number of hydrogen-bond donors (Lipinski definition) is 0.